The van der Waals surface area contributed by atoms with Crippen LogP contribution in [0.2, 0.25) is 0 Å². The fourth-order valence-electron chi connectivity index (χ4n) is 3.01. The largest absolute Gasteiger partial charge is 0.493 e. The van der Waals surface area contributed by atoms with Crippen molar-refractivity contribution in [3.05, 3.63) is 39.0 Å². The number of fused-ring (bicyclic) bond motifs is 1. The van der Waals surface area contributed by atoms with Crippen molar-refractivity contribution in [2.24, 2.45) is 0 Å². The molecule has 0 saturated heterocycles. The lowest BCUT2D eigenvalue weighted by atomic mass is 10.1. The average Bonchev–Trinajstić information content (AvgIpc) is 3.03. The summed E-state index contributed by atoms with van der Waals surface area (Å²) in [5.41, 5.74) is 0.777. The molecule has 8 nitrogen and oxygen atoms in total. The van der Waals surface area contributed by atoms with Crippen LogP contribution in [-0.2, 0) is 11.3 Å². The van der Waals surface area contributed by atoms with Gasteiger partial charge in [-0.25, -0.2) is 9.78 Å². The van der Waals surface area contributed by atoms with E-state index in [4.69, 9.17) is 14.2 Å². The van der Waals surface area contributed by atoms with Crippen LogP contribution in [0, 0.1) is 6.92 Å². The molecule has 0 aliphatic rings. The van der Waals surface area contributed by atoms with E-state index in [-0.39, 0.29) is 17.0 Å². The Kier molecular flexibility index (Phi) is 5.66. The number of rotatable bonds is 7. The van der Waals surface area contributed by atoms with Gasteiger partial charge in [-0.1, -0.05) is 0 Å². The first kappa shape index (κ1) is 19.8. The van der Waals surface area contributed by atoms with Crippen molar-refractivity contribution in [3.8, 4) is 22.9 Å². The van der Waals surface area contributed by atoms with Crippen LogP contribution in [0.3, 0.4) is 0 Å². The third-order valence-electron chi connectivity index (χ3n) is 4.41. The van der Waals surface area contributed by atoms with Crippen molar-refractivity contribution in [2.75, 3.05) is 27.9 Å². The number of ether oxygens (including phenoxy) is 3. The van der Waals surface area contributed by atoms with Gasteiger partial charge in [0.05, 0.1) is 32.8 Å². The van der Waals surface area contributed by atoms with Crippen molar-refractivity contribution in [3.63, 3.8) is 0 Å². The van der Waals surface area contributed by atoms with Crippen LogP contribution in [0.25, 0.3) is 21.6 Å². The Morgan fingerprint density at radius 3 is 2.54 bits per heavy atom. The molecule has 0 fully saturated rings. The van der Waals surface area contributed by atoms with Gasteiger partial charge >= 0.3 is 5.97 Å². The summed E-state index contributed by atoms with van der Waals surface area (Å²) >= 11 is 0.994. The van der Waals surface area contributed by atoms with Gasteiger partial charge in [0.25, 0.3) is 5.56 Å². The summed E-state index contributed by atoms with van der Waals surface area (Å²) in [4.78, 5) is 29.8. The quantitative estimate of drug-likeness (QED) is 0.646. The monoisotopic (exact) mass is 404 g/mol. The molecule has 0 saturated carbocycles. The number of carboxylic acids is 1. The summed E-state index contributed by atoms with van der Waals surface area (Å²) in [7, 11) is 4.61. The van der Waals surface area contributed by atoms with Gasteiger partial charge in [0.1, 0.15) is 15.5 Å². The minimum Gasteiger partial charge on any atom is -0.493 e. The van der Waals surface area contributed by atoms with Crippen LogP contribution in [0.1, 0.15) is 15.2 Å². The van der Waals surface area contributed by atoms with E-state index >= 15 is 0 Å². The van der Waals surface area contributed by atoms with Gasteiger partial charge in [0, 0.05) is 12.7 Å². The maximum atomic E-state index is 13.2. The summed E-state index contributed by atoms with van der Waals surface area (Å²) in [5, 5.41) is 9.73. The van der Waals surface area contributed by atoms with E-state index in [0.717, 1.165) is 11.3 Å². The molecule has 28 heavy (non-hydrogen) atoms. The molecule has 2 heterocycles. The Balaban J connectivity index is 2.31. The SMILES string of the molecule is COCCn1c(-c2ccc(OC)c(OC)c2)nc2sc(C(=O)O)c(C)c2c1=O. The topological polar surface area (TPSA) is 99.9 Å². The van der Waals surface area contributed by atoms with Gasteiger partial charge in [-0.15, -0.1) is 11.3 Å². The number of aromatic carboxylic acids is 1. The zero-order valence-electron chi connectivity index (χ0n) is 15.9. The number of hydrogen-bond donors (Lipinski definition) is 1. The minimum absolute atomic E-state index is 0.113. The maximum Gasteiger partial charge on any atom is 0.346 e. The summed E-state index contributed by atoms with van der Waals surface area (Å²) in [5.74, 6) is 0.393. The minimum atomic E-state index is -1.07. The number of thiophene rings is 1. The molecule has 0 aliphatic heterocycles. The van der Waals surface area contributed by atoms with E-state index in [9.17, 15) is 14.7 Å². The third kappa shape index (κ3) is 3.34. The second kappa shape index (κ2) is 7.99. The zero-order valence-corrected chi connectivity index (χ0v) is 16.8. The van der Waals surface area contributed by atoms with Crippen LogP contribution in [0.5, 0.6) is 11.5 Å². The van der Waals surface area contributed by atoms with Crippen molar-refractivity contribution in [1.82, 2.24) is 9.55 Å². The lowest BCUT2D eigenvalue weighted by Gasteiger charge is -2.14. The van der Waals surface area contributed by atoms with Crippen LogP contribution in [-0.4, -0.2) is 48.6 Å². The predicted molar refractivity (Wildman–Crippen MR) is 106 cm³/mol. The van der Waals surface area contributed by atoms with Crippen molar-refractivity contribution >= 4 is 27.5 Å². The molecule has 0 spiro atoms. The highest BCUT2D eigenvalue weighted by Crippen LogP contribution is 2.33. The molecular formula is C19H20N2O6S. The average molecular weight is 404 g/mol. The number of nitrogens with zero attached hydrogens (tertiary/aromatic N) is 2. The molecular weight excluding hydrogens is 384 g/mol. The number of carbonyl (C=O) groups is 1. The number of carboxylic acid groups (broad SMARTS) is 1. The Labute approximate surface area is 164 Å². The smallest absolute Gasteiger partial charge is 0.346 e. The molecule has 0 amide bonds. The summed E-state index contributed by atoms with van der Waals surface area (Å²) < 4.78 is 17.2. The molecule has 0 aliphatic carbocycles. The Bertz CT molecular complexity index is 1100. The Morgan fingerprint density at radius 1 is 1.21 bits per heavy atom. The first-order valence-electron chi connectivity index (χ1n) is 8.41. The fourth-order valence-corrected chi connectivity index (χ4v) is 4.02. The molecule has 1 N–H and O–H groups in total. The van der Waals surface area contributed by atoms with Crippen LogP contribution >= 0.6 is 11.3 Å². The van der Waals surface area contributed by atoms with Crippen molar-refractivity contribution in [2.45, 2.75) is 13.5 Å². The number of hydrogen-bond acceptors (Lipinski definition) is 7. The molecule has 148 valence electrons. The van der Waals surface area contributed by atoms with Crippen LogP contribution < -0.4 is 15.0 Å². The van der Waals surface area contributed by atoms with Gasteiger partial charge in [0.15, 0.2) is 11.5 Å². The number of aromatic nitrogens is 2. The zero-order chi connectivity index (χ0) is 20.4. The fraction of sp³-hybridized carbons (Fsp3) is 0.316. The molecule has 9 heteroatoms. The standard InChI is InChI=1S/C19H20N2O6S/c1-10-14-17(28-15(10)19(23)24)20-16(21(18(14)22)7-8-25-2)11-5-6-12(26-3)13(9-11)27-4/h5-6,9H,7-8H2,1-4H3,(H,23,24). The highest BCUT2D eigenvalue weighted by molar-refractivity contribution is 7.20. The number of benzene rings is 1. The van der Waals surface area contributed by atoms with Gasteiger partial charge in [-0.2, -0.15) is 0 Å². The maximum absolute atomic E-state index is 13.2. The van der Waals surface area contributed by atoms with E-state index in [2.05, 4.69) is 4.98 Å². The first-order chi connectivity index (χ1) is 13.4. The normalized spacial score (nSPS) is 11.0. The molecule has 0 unspecified atom stereocenters. The van der Waals surface area contributed by atoms with E-state index in [1.165, 1.54) is 18.8 Å². The summed E-state index contributed by atoms with van der Waals surface area (Å²) in [6.07, 6.45) is 0. The molecule has 3 aromatic rings. The first-order valence-corrected chi connectivity index (χ1v) is 9.23. The molecule has 1 aromatic carbocycles. The highest BCUT2D eigenvalue weighted by Gasteiger charge is 2.22. The second-order valence-corrected chi connectivity index (χ2v) is 7.00. The molecule has 0 bridgehead atoms. The van der Waals surface area contributed by atoms with Crippen LogP contribution in [0.4, 0.5) is 0 Å². The number of methoxy groups -OCH3 is 3. The van der Waals surface area contributed by atoms with E-state index < -0.39 is 5.97 Å². The molecule has 0 radical (unpaired) electrons. The van der Waals surface area contributed by atoms with E-state index in [1.54, 1.807) is 32.2 Å². The lowest BCUT2D eigenvalue weighted by Crippen LogP contribution is -2.25. The molecule has 0 atom stereocenters. The van der Waals surface area contributed by atoms with Gasteiger partial charge in [-0.3, -0.25) is 9.36 Å². The Hall–Kier alpha value is -2.91. The van der Waals surface area contributed by atoms with Crippen molar-refractivity contribution in [1.29, 1.82) is 0 Å². The van der Waals surface area contributed by atoms with Gasteiger partial charge in [0.2, 0.25) is 0 Å². The second-order valence-electron chi connectivity index (χ2n) is 6.00. The summed E-state index contributed by atoms with van der Waals surface area (Å²) in [6, 6.07) is 5.23. The van der Waals surface area contributed by atoms with Crippen molar-refractivity contribution < 1.29 is 24.1 Å². The third-order valence-corrected chi connectivity index (χ3v) is 5.58. The molecule has 2 aromatic heterocycles. The predicted octanol–water partition coefficient (Wildman–Crippen LogP) is 2.80. The van der Waals surface area contributed by atoms with Gasteiger partial charge in [-0.05, 0) is 30.7 Å². The van der Waals surface area contributed by atoms with Crippen LogP contribution in [0.15, 0.2) is 23.0 Å². The lowest BCUT2D eigenvalue weighted by molar-refractivity contribution is 0.0701. The number of aryl methyl sites for hydroxylation is 1. The van der Waals surface area contributed by atoms with Gasteiger partial charge < -0.3 is 19.3 Å². The summed E-state index contributed by atoms with van der Waals surface area (Å²) in [6.45, 7) is 2.21. The Morgan fingerprint density at radius 2 is 1.93 bits per heavy atom. The highest BCUT2D eigenvalue weighted by atomic mass is 32.1. The van der Waals surface area contributed by atoms with E-state index in [1.807, 2.05) is 0 Å². The van der Waals surface area contributed by atoms with E-state index in [0.29, 0.717) is 45.3 Å². The molecule has 3 rings (SSSR count).